The molecule has 1 N–H and O–H groups in total. The van der Waals surface area contributed by atoms with Gasteiger partial charge in [-0.25, -0.2) is 4.79 Å². The summed E-state index contributed by atoms with van der Waals surface area (Å²) in [6.07, 6.45) is 3.84. The number of carbonyl (C=O) groups excluding carboxylic acids is 1. The predicted octanol–water partition coefficient (Wildman–Crippen LogP) is 4.50. The Morgan fingerprint density at radius 1 is 1.10 bits per heavy atom. The summed E-state index contributed by atoms with van der Waals surface area (Å²) in [4.78, 5) is 11.9. The van der Waals surface area contributed by atoms with Crippen LogP contribution in [0.5, 0.6) is 0 Å². The number of allylic oxidation sites excluding steroid dienone is 2. The number of nitrogens with one attached hydrogen (secondary N) is 1. The van der Waals surface area contributed by atoms with Crippen LogP contribution in [0.2, 0.25) is 0 Å². The van der Waals surface area contributed by atoms with Crippen molar-refractivity contribution in [2.45, 2.75) is 52.1 Å². The lowest BCUT2D eigenvalue weighted by Crippen LogP contribution is -2.33. The first-order valence-corrected chi connectivity index (χ1v) is 7.23. The van der Waals surface area contributed by atoms with Gasteiger partial charge in [-0.15, -0.1) is 0 Å². The second-order valence-electron chi connectivity index (χ2n) is 6.16. The third-order valence-electron chi connectivity index (χ3n) is 3.24. The van der Waals surface area contributed by atoms with Crippen molar-refractivity contribution in [3.8, 4) is 0 Å². The van der Waals surface area contributed by atoms with Crippen LogP contribution in [0.4, 0.5) is 4.79 Å². The molecule has 2 rings (SSSR count). The Morgan fingerprint density at radius 3 is 2.40 bits per heavy atom. The quantitative estimate of drug-likeness (QED) is 0.861. The lowest BCUT2D eigenvalue weighted by Gasteiger charge is -2.24. The molecule has 1 aliphatic rings. The molecule has 1 aromatic carbocycles. The highest BCUT2D eigenvalue weighted by Crippen LogP contribution is 2.30. The Balaban J connectivity index is 2.18. The largest absolute Gasteiger partial charge is 0.444 e. The maximum atomic E-state index is 11.9. The van der Waals surface area contributed by atoms with Gasteiger partial charge in [0.15, 0.2) is 0 Å². The van der Waals surface area contributed by atoms with Gasteiger partial charge in [0.25, 0.3) is 0 Å². The number of alkyl carbamates (subject to hydrolysis) is 1. The highest BCUT2D eigenvalue weighted by atomic mass is 16.6. The molecule has 1 amide bonds. The number of hydrogen-bond acceptors (Lipinski definition) is 2. The fourth-order valence-electron chi connectivity index (χ4n) is 2.43. The molecule has 3 nitrogen and oxygen atoms in total. The van der Waals surface area contributed by atoms with E-state index in [1.807, 2.05) is 39.0 Å². The van der Waals surface area contributed by atoms with Crippen LogP contribution in [0, 0.1) is 0 Å². The van der Waals surface area contributed by atoms with E-state index < -0.39 is 5.60 Å². The molecule has 0 saturated heterocycles. The van der Waals surface area contributed by atoms with E-state index >= 15 is 0 Å². The van der Waals surface area contributed by atoms with Gasteiger partial charge in [-0.3, -0.25) is 5.32 Å². The maximum absolute atomic E-state index is 11.9. The Bertz CT molecular complexity index is 497. The van der Waals surface area contributed by atoms with Crippen LogP contribution < -0.4 is 5.32 Å². The van der Waals surface area contributed by atoms with Crippen molar-refractivity contribution in [3.05, 3.63) is 41.6 Å². The number of amides is 1. The molecule has 1 aliphatic carbocycles. The zero-order valence-corrected chi connectivity index (χ0v) is 12.5. The van der Waals surface area contributed by atoms with Gasteiger partial charge in [-0.05, 0) is 57.6 Å². The van der Waals surface area contributed by atoms with Gasteiger partial charge in [-0.2, -0.15) is 0 Å². The predicted molar refractivity (Wildman–Crippen MR) is 81.2 cm³/mol. The molecule has 1 aromatic rings. The summed E-state index contributed by atoms with van der Waals surface area (Å²) >= 11 is 0. The topological polar surface area (TPSA) is 38.3 Å². The second kappa shape index (κ2) is 6.12. The highest BCUT2D eigenvalue weighted by molar-refractivity contribution is 5.77. The van der Waals surface area contributed by atoms with Crippen LogP contribution in [0.25, 0.3) is 5.57 Å². The van der Waals surface area contributed by atoms with Crippen LogP contribution >= 0.6 is 0 Å². The highest BCUT2D eigenvalue weighted by Gasteiger charge is 2.20. The van der Waals surface area contributed by atoms with Crippen molar-refractivity contribution >= 4 is 11.7 Å². The molecular weight excluding hydrogens is 250 g/mol. The summed E-state index contributed by atoms with van der Waals surface area (Å²) in [6, 6.07) is 10.3. The molecule has 0 atom stereocenters. The molecule has 0 saturated carbocycles. The lowest BCUT2D eigenvalue weighted by atomic mass is 9.91. The minimum absolute atomic E-state index is 0.358. The van der Waals surface area contributed by atoms with Crippen LogP contribution in [-0.2, 0) is 4.74 Å². The van der Waals surface area contributed by atoms with Crippen LogP contribution in [0.15, 0.2) is 36.0 Å². The molecule has 0 fully saturated rings. The van der Waals surface area contributed by atoms with Crippen molar-refractivity contribution < 1.29 is 9.53 Å². The molecule has 0 aliphatic heterocycles. The van der Waals surface area contributed by atoms with Crippen LogP contribution in [0.3, 0.4) is 0 Å². The normalized spacial score (nSPS) is 15.9. The van der Waals surface area contributed by atoms with Gasteiger partial charge in [0.05, 0.1) is 0 Å². The second-order valence-corrected chi connectivity index (χ2v) is 6.16. The number of benzene rings is 1. The van der Waals surface area contributed by atoms with Gasteiger partial charge in [0.2, 0.25) is 0 Å². The van der Waals surface area contributed by atoms with Crippen molar-refractivity contribution in [1.82, 2.24) is 5.32 Å². The molecule has 0 spiro atoms. The smallest absolute Gasteiger partial charge is 0.411 e. The SMILES string of the molecule is CC(C)(C)OC(=O)NC1=C(c2ccccc2)CCCC1. The molecule has 0 radical (unpaired) electrons. The first-order valence-electron chi connectivity index (χ1n) is 7.23. The molecule has 3 heteroatoms. The molecule has 0 bridgehead atoms. The first-order chi connectivity index (χ1) is 9.46. The monoisotopic (exact) mass is 273 g/mol. The lowest BCUT2D eigenvalue weighted by molar-refractivity contribution is 0.0544. The van der Waals surface area contributed by atoms with E-state index in [1.54, 1.807) is 0 Å². The van der Waals surface area contributed by atoms with Crippen molar-refractivity contribution in [2.75, 3.05) is 0 Å². The van der Waals surface area contributed by atoms with E-state index in [0.717, 1.165) is 25.0 Å². The fraction of sp³-hybridized carbons (Fsp3) is 0.471. The van der Waals surface area contributed by atoms with Crippen molar-refractivity contribution in [2.24, 2.45) is 0 Å². The van der Waals surface area contributed by atoms with Gasteiger partial charge in [-0.1, -0.05) is 30.3 Å². The zero-order valence-electron chi connectivity index (χ0n) is 12.5. The van der Waals surface area contributed by atoms with Gasteiger partial charge >= 0.3 is 6.09 Å². The van der Waals surface area contributed by atoms with Gasteiger partial charge in [0, 0.05) is 5.70 Å². The summed E-state index contributed by atoms with van der Waals surface area (Å²) in [5.74, 6) is 0. The van der Waals surface area contributed by atoms with Crippen molar-refractivity contribution in [3.63, 3.8) is 0 Å². The summed E-state index contributed by atoms with van der Waals surface area (Å²) in [6.45, 7) is 5.62. The first kappa shape index (κ1) is 14.6. The molecule has 0 aromatic heterocycles. The zero-order chi connectivity index (χ0) is 14.6. The Hall–Kier alpha value is -1.77. The number of hydrogen-bond donors (Lipinski definition) is 1. The van der Waals surface area contributed by atoms with E-state index in [1.165, 1.54) is 17.6 Å². The van der Waals surface area contributed by atoms with E-state index in [4.69, 9.17) is 4.74 Å². The average molecular weight is 273 g/mol. The third-order valence-corrected chi connectivity index (χ3v) is 3.24. The molecule has 20 heavy (non-hydrogen) atoms. The van der Waals surface area contributed by atoms with E-state index in [2.05, 4.69) is 17.4 Å². The number of carbonyl (C=O) groups is 1. The Morgan fingerprint density at radius 2 is 1.75 bits per heavy atom. The Labute approximate surface area is 121 Å². The van der Waals surface area contributed by atoms with Gasteiger partial charge < -0.3 is 4.74 Å². The summed E-state index contributed by atoms with van der Waals surface area (Å²) < 4.78 is 5.34. The van der Waals surface area contributed by atoms with E-state index in [9.17, 15) is 4.79 Å². The molecule has 0 unspecified atom stereocenters. The van der Waals surface area contributed by atoms with Gasteiger partial charge in [0.1, 0.15) is 5.60 Å². The number of rotatable bonds is 2. The average Bonchev–Trinajstić information content (AvgIpc) is 2.38. The van der Waals surface area contributed by atoms with E-state index in [0.29, 0.717) is 0 Å². The number of ether oxygens (including phenoxy) is 1. The standard InChI is InChI=1S/C17H23NO2/c1-17(2,3)20-16(19)18-15-12-8-7-11-14(15)13-9-5-4-6-10-13/h4-6,9-10H,7-8,11-12H2,1-3H3,(H,18,19). The van der Waals surface area contributed by atoms with Crippen LogP contribution in [-0.4, -0.2) is 11.7 Å². The molecule has 0 heterocycles. The van der Waals surface area contributed by atoms with Crippen molar-refractivity contribution in [1.29, 1.82) is 0 Å². The molecular formula is C17H23NO2. The minimum atomic E-state index is -0.466. The van der Waals surface area contributed by atoms with E-state index in [-0.39, 0.29) is 6.09 Å². The fourth-order valence-corrected chi connectivity index (χ4v) is 2.43. The van der Waals surface area contributed by atoms with Crippen LogP contribution in [0.1, 0.15) is 52.0 Å². The minimum Gasteiger partial charge on any atom is -0.444 e. The maximum Gasteiger partial charge on any atom is 0.411 e. The summed E-state index contributed by atoms with van der Waals surface area (Å²) in [5, 5.41) is 2.94. The Kier molecular flexibility index (Phi) is 4.48. The summed E-state index contributed by atoms with van der Waals surface area (Å²) in [7, 11) is 0. The molecule has 108 valence electrons. The summed E-state index contributed by atoms with van der Waals surface area (Å²) in [5.41, 5.74) is 2.98. The third kappa shape index (κ3) is 4.12.